The quantitative estimate of drug-likeness (QED) is 0.644. The van der Waals surface area contributed by atoms with Crippen molar-refractivity contribution < 1.29 is 32.3 Å². The summed E-state index contributed by atoms with van der Waals surface area (Å²) in [6.45, 7) is 2.00. The minimum absolute atomic E-state index is 0.00371. The van der Waals surface area contributed by atoms with Gasteiger partial charge in [0.2, 0.25) is 11.8 Å². The van der Waals surface area contributed by atoms with E-state index < -0.39 is 47.4 Å². The van der Waals surface area contributed by atoms with Crippen LogP contribution in [-0.4, -0.2) is 37.1 Å². The average molecular weight is 482 g/mol. The lowest BCUT2D eigenvalue weighted by molar-refractivity contribution is -0.134. The van der Waals surface area contributed by atoms with Crippen molar-refractivity contribution in [2.45, 2.75) is 31.8 Å². The fraction of sp³-hybridized carbons (Fsp3) is 0.318. The van der Waals surface area contributed by atoms with Crippen LogP contribution >= 0.6 is 11.6 Å². The fourth-order valence-electron chi connectivity index (χ4n) is 3.82. The molecule has 2 saturated heterocycles. The van der Waals surface area contributed by atoms with E-state index in [2.05, 4.69) is 10.6 Å². The molecule has 2 fully saturated rings. The van der Waals surface area contributed by atoms with E-state index in [0.717, 1.165) is 18.2 Å². The van der Waals surface area contributed by atoms with Crippen LogP contribution in [0.25, 0.3) is 0 Å². The molecule has 33 heavy (non-hydrogen) atoms. The van der Waals surface area contributed by atoms with Gasteiger partial charge in [-0.25, -0.2) is 18.0 Å². The Balaban J connectivity index is 1.36. The first-order valence-electron chi connectivity index (χ1n) is 10.1. The number of amides is 3. The van der Waals surface area contributed by atoms with E-state index in [1.165, 1.54) is 6.07 Å². The third kappa shape index (κ3) is 4.75. The van der Waals surface area contributed by atoms with Crippen molar-refractivity contribution in [3.05, 3.63) is 57.9 Å². The molecule has 1 atom stereocenters. The number of benzene rings is 2. The zero-order valence-electron chi connectivity index (χ0n) is 17.4. The van der Waals surface area contributed by atoms with Crippen molar-refractivity contribution >= 4 is 40.9 Å². The third-order valence-corrected chi connectivity index (χ3v) is 6.03. The Bertz CT molecular complexity index is 1130. The van der Waals surface area contributed by atoms with Gasteiger partial charge in [-0.2, -0.15) is 0 Å². The smallest absolute Gasteiger partial charge is 0.412 e. The Labute approximate surface area is 191 Å². The van der Waals surface area contributed by atoms with Gasteiger partial charge in [0.1, 0.15) is 23.6 Å². The summed E-state index contributed by atoms with van der Waals surface area (Å²) in [5, 5.41) is 4.62. The standard InChI is InChI=1S/C22H19ClF3N3O4/c1-10-4-18(15(24)7-14(10)23)27-22(32)33-12-8-29(9-12)11-5-16(25)20(17(26)6-11)13-2-3-19(30)28-21(13)31/h4-7,12-13H,2-3,8-9H2,1H3,(H,27,32)(H,28,30,31). The molecule has 2 aliphatic heterocycles. The van der Waals surface area contributed by atoms with Crippen molar-refractivity contribution in [2.75, 3.05) is 23.3 Å². The molecule has 2 N–H and O–H groups in total. The van der Waals surface area contributed by atoms with Gasteiger partial charge < -0.3 is 9.64 Å². The van der Waals surface area contributed by atoms with Gasteiger partial charge in [-0.3, -0.25) is 20.2 Å². The Kier molecular flexibility index (Phi) is 6.20. The lowest BCUT2D eigenvalue weighted by Crippen LogP contribution is -2.53. The van der Waals surface area contributed by atoms with E-state index in [4.69, 9.17) is 16.3 Å². The van der Waals surface area contributed by atoms with Crippen LogP contribution in [0.4, 0.5) is 29.3 Å². The second-order valence-electron chi connectivity index (χ2n) is 7.97. The van der Waals surface area contributed by atoms with Crippen LogP contribution in [0.15, 0.2) is 24.3 Å². The van der Waals surface area contributed by atoms with Gasteiger partial charge in [-0.15, -0.1) is 0 Å². The monoisotopic (exact) mass is 481 g/mol. The van der Waals surface area contributed by atoms with Gasteiger partial charge in [0.15, 0.2) is 0 Å². The summed E-state index contributed by atoms with van der Waals surface area (Å²) in [7, 11) is 0. The van der Waals surface area contributed by atoms with E-state index in [0.29, 0.717) is 5.56 Å². The normalized spacial score (nSPS) is 18.6. The molecule has 0 spiro atoms. The number of nitrogens with zero attached hydrogens (tertiary/aromatic N) is 1. The Hall–Kier alpha value is -3.27. The zero-order valence-corrected chi connectivity index (χ0v) is 18.1. The minimum Gasteiger partial charge on any atom is -0.442 e. The van der Waals surface area contributed by atoms with Crippen molar-refractivity contribution in [1.29, 1.82) is 0 Å². The van der Waals surface area contributed by atoms with Crippen LogP contribution in [0.1, 0.15) is 29.9 Å². The number of rotatable bonds is 4. The van der Waals surface area contributed by atoms with Gasteiger partial charge in [-0.1, -0.05) is 11.6 Å². The van der Waals surface area contributed by atoms with Crippen LogP contribution in [0.2, 0.25) is 5.02 Å². The summed E-state index contributed by atoms with van der Waals surface area (Å²) in [6, 6.07) is 4.66. The highest BCUT2D eigenvalue weighted by Gasteiger charge is 2.35. The van der Waals surface area contributed by atoms with Gasteiger partial charge >= 0.3 is 6.09 Å². The van der Waals surface area contributed by atoms with Gasteiger partial charge in [0.25, 0.3) is 0 Å². The number of carbonyl (C=O) groups is 3. The molecule has 1 unspecified atom stereocenters. The number of ether oxygens (including phenoxy) is 1. The molecule has 0 aromatic heterocycles. The van der Waals surface area contributed by atoms with E-state index in [-0.39, 0.29) is 47.9 Å². The molecular formula is C22H19ClF3N3O4. The maximum atomic E-state index is 14.7. The van der Waals surface area contributed by atoms with Crippen LogP contribution in [0, 0.1) is 24.4 Å². The van der Waals surface area contributed by atoms with Crippen molar-refractivity contribution in [1.82, 2.24) is 5.32 Å². The largest absolute Gasteiger partial charge is 0.442 e. The average Bonchev–Trinajstić information content (AvgIpc) is 2.69. The molecule has 2 aromatic carbocycles. The Morgan fingerprint density at radius 3 is 2.42 bits per heavy atom. The number of aryl methyl sites for hydroxylation is 1. The van der Waals surface area contributed by atoms with E-state index in [9.17, 15) is 27.6 Å². The Morgan fingerprint density at radius 2 is 1.79 bits per heavy atom. The highest BCUT2D eigenvalue weighted by molar-refractivity contribution is 6.31. The molecule has 3 amide bonds. The fourth-order valence-corrected chi connectivity index (χ4v) is 3.97. The molecule has 2 aliphatic rings. The summed E-state index contributed by atoms with van der Waals surface area (Å²) < 4.78 is 48.5. The van der Waals surface area contributed by atoms with E-state index >= 15 is 0 Å². The van der Waals surface area contributed by atoms with Crippen LogP contribution in [0.5, 0.6) is 0 Å². The molecule has 2 heterocycles. The summed E-state index contributed by atoms with van der Waals surface area (Å²) in [5.74, 6) is -4.78. The number of anilines is 2. The first-order chi connectivity index (χ1) is 15.6. The van der Waals surface area contributed by atoms with E-state index in [1.807, 2.05) is 0 Å². The summed E-state index contributed by atoms with van der Waals surface area (Å²) in [4.78, 5) is 36.9. The molecule has 11 heteroatoms. The molecule has 4 rings (SSSR count). The van der Waals surface area contributed by atoms with Crippen molar-refractivity contribution in [3.63, 3.8) is 0 Å². The number of nitrogens with one attached hydrogen (secondary N) is 2. The molecule has 174 valence electrons. The molecule has 0 radical (unpaired) electrons. The second-order valence-corrected chi connectivity index (χ2v) is 8.37. The van der Waals surface area contributed by atoms with Crippen LogP contribution < -0.4 is 15.5 Å². The first kappa shape index (κ1) is 22.9. The van der Waals surface area contributed by atoms with Gasteiger partial charge in [0, 0.05) is 22.7 Å². The SMILES string of the molecule is Cc1cc(NC(=O)OC2CN(c3cc(F)c(C4CCC(=O)NC4=O)c(F)c3)C2)c(F)cc1Cl. The number of imide groups is 1. The highest BCUT2D eigenvalue weighted by atomic mass is 35.5. The number of carbonyl (C=O) groups excluding carboxylic acids is 3. The number of halogens is 4. The lowest BCUT2D eigenvalue weighted by atomic mass is 9.89. The van der Waals surface area contributed by atoms with Gasteiger partial charge in [0.05, 0.1) is 24.7 Å². The van der Waals surface area contributed by atoms with E-state index in [1.54, 1.807) is 11.8 Å². The number of hydrogen-bond acceptors (Lipinski definition) is 5. The summed E-state index contributed by atoms with van der Waals surface area (Å²) in [5.41, 5.74) is 0.344. The summed E-state index contributed by atoms with van der Waals surface area (Å²) >= 11 is 5.83. The zero-order chi connectivity index (χ0) is 23.9. The predicted octanol–water partition coefficient (Wildman–Crippen LogP) is 4.02. The number of hydrogen-bond donors (Lipinski definition) is 2. The topological polar surface area (TPSA) is 87.7 Å². The molecular weight excluding hydrogens is 463 g/mol. The third-order valence-electron chi connectivity index (χ3n) is 5.62. The molecule has 0 bridgehead atoms. The molecule has 2 aromatic rings. The highest BCUT2D eigenvalue weighted by Crippen LogP contribution is 2.33. The second kappa shape index (κ2) is 8.93. The molecule has 0 saturated carbocycles. The lowest BCUT2D eigenvalue weighted by Gasteiger charge is -2.40. The summed E-state index contributed by atoms with van der Waals surface area (Å²) in [6.07, 6.45) is -1.41. The Morgan fingerprint density at radius 1 is 1.12 bits per heavy atom. The van der Waals surface area contributed by atoms with Crippen molar-refractivity contribution in [2.24, 2.45) is 0 Å². The van der Waals surface area contributed by atoms with Gasteiger partial charge in [-0.05, 0) is 43.2 Å². The molecule has 0 aliphatic carbocycles. The predicted molar refractivity (Wildman–Crippen MR) is 114 cm³/mol. The van der Waals surface area contributed by atoms with Crippen LogP contribution in [0.3, 0.4) is 0 Å². The number of piperidine rings is 1. The first-order valence-corrected chi connectivity index (χ1v) is 10.5. The maximum Gasteiger partial charge on any atom is 0.412 e. The maximum absolute atomic E-state index is 14.7. The molecule has 7 nitrogen and oxygen atoms in total. The van der Waals surface area contributed by atoms with Crippen LogP contribution in [-0.2, 0) is 14.3 Å². The minimum atomic E-state index is -1.08. The van der Waals surface area contributed by atoms with Crippen molar-refractivity contribution in [3.8, 4) is 0 Å².